The molecule has 1 amide bonds. The third-order valence-corrected chi connectivity index (χ3v) is 4.23. The summed E-state index contributed by atoms with van der Waals surface area (Å²) in [4.78, 5) is 29.5. The molecule has 0 radical (unpaired) electrons. The zero-order chi connectivity index (χ0) is 16.0. The van der Waals surface area contributed by atoms with Crippen molar-refractivity contribution >= 4 is 22.5 Å². The third kappa shape index (κ3) is 2.09. The molecule has 1 aliphatic rings. The van der Waals surface area contributed by atoms with Crippen molar-refractivity contribution < 1.29 is 4.79 Å². The number of carbonyl (C=O) groups is 1. The maximum absolute atomic E-state index is 12.5. The van der Waals surface area contributed by atoms with Crippen LogP contribution in [0.5, 0.6) is 0 Å². The van der Waals surface area contributed by atoms with Gasteiger partial charge in [-0.2, -0.15) is 0 Å². The number of nitrogens with one attached hydrogen (secondary N) is 2. The number of anilines is 1. The molecule has 2 N–H and O–H groups in total. The summed E-state index contributed by atoms with van der Waals surface area (Å²) < 4.78 is 0. The predicted octanol–water partition coefficient (Wildman–Crippen LogP) is 2.72. The van der Waals surface area contributed by atoms with Gasteiger partial charge in [0.05, 0.1) is 11.1 Å². The van der Waals surface area contributed by atoms with E-state index in [0.717, 1.165) is 16.6 Å². The lowest BCUT2D eigenvalue weighted by molar-refractivity contribution is 0.0735. The van der Waals surface area contributed by atoms with E-state index < -0.39 is 6.17 Å². The van der Waals surface area contributed by atoms with E-state index in [1.165, 1.54) is 0 Å². The van der Waals surface area contributed by atoms with Crippen molar-refractivity contribution in [3.63, 3.8) is 0 Å². The van der Waals surface area contributed by atoms with Gasteiger partial charge in [-0.15, -0.1) is 0 Å². The minimum absolute atomic E-state index is 0.100. The Kier molecular flexibility index (Phi) is 2.94. The Hall–Kier alpha value is -3.08. The van der Waals surface area contributed by atoms with Crippen LogP contribution in [0.2, 0.25) is 0 Å². The highest BCUT2D eigenvalue weighted by atomic mass is 16.2. The van der Waals surface area contributed by atoms with Crippen LogP contribution in [0, 0.1) is 0 Å². The number of aromatic amines is 1. The summed E-state index contributed by atoms with van der Waals surface area (Å²) in [6, 6.07) is 16.8. The Bertz CT molecular complexity index is 977. The Morgan fingerprint density at radius 1 is 1.00 bits per heavy atom. The van der Waals surface area contributed by atoms with Crippen LogP contribution >= 0.6 is 0 Å². The van der Waals surface area contributed by atoms with Gasteiger partial charge < -0.3 is 15.2 Å². The zero-order valence-electron chi connectivity index (χ0n) is 12.5. The van der Waals surface area contributed by atoms with Crippen LogP contribution in [0.4, 0.5) is 5.69 Å². The Balaban J connectivity index is 1.87. The fraction of sp³-hybridized carbons (Fsp3) is 0.111. The molecular weight excluding hydrogens is 290 g/mol. The molecule has 0 bridgehead atoms. The largest absolute Gasteiger partial charge is 0.361 e. The lowest BCUT2D eigenvalue weighted by atomic mass is 10.0. The van der Waals surface area contributed by atoms with E-state index in [9.17, 15) is 9.59 Å². The van der Waals surface area contributed by atoms with Gasteiger partial charge in [-0.25, -0.2) is 0 Å². The molecule has 1 atom stereocenters. The van der Waals surface area contributed by atoms with E-state index in [1.54, 1.807) is 18.0 Å². The molecular formula is C18H15N3O2. The van der Waals surface area contributed by atoms with E-state index in [4.69, 9.17) is 0 Å². The van der Waals surface area contributed by atoms with Crippen molar-refractivity contribution in [2.75, 3.05) is 12.4 Å². The smallest absolute Gasteiger partial charge is 0.257 e. The first-order chi connectivity index (χ1) is 11.1. The SMILES string of the molecule is CN1C(=O)c2ccccc2N[C@@H]1c1cc2ccccc2[nH]c1=O. The van der Waals surface area contributed by atoms with Crippen LogP contribution in [-0.4, -0.2) is 22.8 Å². The van der Waals surface area contributed by atoms with Gasteiger partial charge in [-0.05, 0) is 29.7 Å². The molecule has 0 spiro atoms. The maximum Gasteiger partial charge on any atom is 0.257 e. The Morgan fingerprint density at radius 2 is 1.74 bits per heavy atom. The first kappa shape index (κ1) is 13.6. The normalized spacial score (nSPS) is 17.0. The summed E-state index contributed by atoms with van der Waals surface area (Å²) in [5.74, 6) is -0.100. The van der Waals surface area contributed by atoms with E-state index in [-0.39, 0.29) is 11.5 Å². The molecule has 1 aliphatic heterocycles. The number of pyridine rings is 1. The predicted molar refractivity (Wildman–Crippen MR) is 89.5 cm³/mol. The monoisotopic (exact) mass is 305 g/mol. The number of fused-ring (bicyclic) bond motifs is 2. The molecule has 2 aromatic carbocycles. The fourth-order valence-corrected chi connectivity index (χ4v) is 3.00. The molecule has 0 fully saturated rings. The second kappa shape index (κ2) is 4.98. The summed E-state index contributed by atoms with van der Waals surface area (Å²) in [5.41, 5.74) is 2.47. The molecule has 23 heavy (non-hydrogen) atoms. The molecule has 0 unspecified atom stereocenters. The minimum atomic E-state index is -0.495. The molecule has 114 valence electrons. The molecule has 2 heterocycles. The molecule has 0 saturated heterocycles. The first-order valence-electron chi connectivity index (χ1n) is 7.40. The van der Waals surface area contributed by atoms with Crippen molar-refractivity contribution in [2.45, 2.75) is 6.17 Å². The molecule has 3 aromatic rings. The average molecular weight is 305 g/mol. The number of hydrogen-bond donors (Lipinski definition) is 2. The van der Waals surface area contributed by atoms with Gasteiger partial charge in [0.2, 0.25) is 0 Å². The van der Waals surface area contributed by atoms with Gasteiger partial charge >= 0.3 is 0 Å². The van der Waals surface area contributed by atoms with Gasteiger partial charge in [-0.3, -0.25) is 9.59 Å². The van der Waals surface area contributed by atoms with E-state index in [2.05, 4.69) is 10.3 Å². The van der Waals surface area contributed by atoms with Gasteiger partial charge in [0, 0.05) is 18.3 Å². The van der Waals surface area contributed by atoms with Crippen LogP contribution in [0.3, 0.4) is 0 Å². The first-order valence-corrected chi connectivity index (χ1v) is 7.40. The number of para-hydroxylation sites is 2. The number of amides is 1. The number of H-pyrrole nitrogens is 1. The van der Waals surface area contributed by atoms with E-state index >= 15 is 0 Å². The fourth-order valence-electron chi connectivity index (χ4n) is 3.00. The van der Waals surface area contributed by atoms with E-state index in [1.807, 2.05) is 48.5 Å². The van der Waals surface area contributed by atoms with Crippen molar-refractivity contribution in [3.05, 3.63) is 76.1 Å². The van der Waals surface area contributed by atoms with E-state index in [0.29, 0.717) is 11.1 Å². The summed E-state index contributed by atoms with van der Waals surface area (Å²) in [7, 11) is 1.70. The van der Waals surface area contributed by atoms with Gasteiger partial charge in [0.25, 0.3) is 11.5 Å². The van der Waals surface area contributed by atoms with Crippen LogP contribution < -0.4 is 10.9 Å². The molecule has 5 nitrogen and oxygen atoms in total. The lowest BCUT2D eigenvalue weighted by Crippen LogP contribution is -2.42. The van der Waals surface area contributed by atoms with Crippen molar-refractivity contribution in [2.24, 2.45) is 0 Å². The zero-order valence-corrected chi connectivity index (χ0v) is 12.5. The summed E-state index contributed by atoms with van der Waals surface area (Å²) >= 11 is 0. The maximum atomic E-state index is 12.5. The van der Waals surface area contributed by atoms with Crippen LogP contribution in [0.15, 0.2) is 59.4 Å². The van der Waals surface area contributed by atoms with Crippen molar-refractivity contribution in [1.82, 2.24) is 9.88 Å². The summed E-state index contributed by atoms with van der Waals surface area (Å²) in [5, 5.41) is 4.22. The molecule has 0 saturated carbocycles. The second-order valence-electron chi connectivity index (χ2n) is 5.65. The number of nitrogens with zero attached hydrogens (tertiary/aromatic N) is 1. The van der Waals surface area contributed by atoms with Crippen LogP contribution in [0.25, 0.3) is 10.9 Å². The van der Waals surface area contributed by atoms with Crippen molar-refractivity contribution in [3.8, 4) is 0 Å². The molecule has 0 aliphatic carbocycles. The number of rotatable bonds is 1. The van der Waals surface area contributed by atoms with Crippen LogP contribution in [-0.2, 0) is 0 Å². The highest BCUT2D eigenvalue weighted by Gasteiger charge is 2.31. The number of aromatic nitrogens is 1. The number of benzene rings is 2. The quantitative estimate of drug-likeness (QED) is 0.726. The Morgan fingerprint density at radius 3 is 2.61 bits per heavy atom. The highest BCUT2D eigenvalue weighted by molar-refractivity contribution is 6.01. The number of hydrogen-bond acceptors (Lipinski definition) is 3. The number of carbonyl (C=O) groups excluding carboxylic acids is 1. The standard InChI is InChI=1S/C18H15N3O2/c1-21-16(19-15-9-5-3-7-12(15)18(21)23)13-10-11-6-2-4-8-14(11)20-17(13)22/h2-10,16,19H,1H3,(H,20,22)/t16-/m0/s1. The van der Waals surface area contributed by atoms with Crippen LogP contribution in [0.1, 0.15) is 22.1 Å². The van der Waals surface area contributed by atoms with Gasteiger partial charge in [0.15, 0.2) is 0 Å². The molecule has 5 heteroatoms. The Labute approximate surface area is 132 Å². The molecule has 1 aromatic heterocycles. The van der Waals surface area contributed by atoms with Gasteiger partial charge in [-0.1, -0.05) is 30.3 Å². The highest BCUT2D eigenvalue weighted by Crippen LogP contribution is 2.31. The van der Waals surface area contributed by atoms with Crippen molar-refractivity contribution in [1.29, 1.82) is 0 Å². The molecule has 4 rings (SSSR count). The average Bonchev–Trinajstić information content (AvgIpc) is 2.58. The minimum Gasteiger partial charge on any atom is -0.361 e. The van der Waals surface area contributed by atoms with Gasteiger partial charge in [0.1, 0.15) is 6.17 Å². The lowest BCUT2D eigenvalue weighted by Gasteiger charge is -2.35. The third-order valence-electron chi connectivity index (χ3n) is 4.23. The summed E-state index contributed by atoms with van der Waals surface area (Å²) in [6.07, 6.45) is -0.495. The second-order valence-corrected chi connectivity index (χ2v) is 5.65. The summed E-state index contributed by atoms with van der Waals surface area (Å²) in [6.45, 7) is 0. The topological polar surface area (TPSA) is 65.2 Å².